The minimum Gasteiger partial charge on any atom is -0.371 e. The average Bonchev–Trinajstić information content (AvgIpc) is 3.16. The second kappa shape index (κ2) is 7.73. The molecular formula is C23H28FN3. The van der Waals surface area contributed by atoms with Gasteiger partial charge in [0, 0.05) is 42.1 Å². The largest absolute Gasteiger partial charge is 0.371 e. The smallest absolute Gasteiger partial charge is 0.132 e. The minimum atomic E-state index is -0.160. The van der Waals surface area contributed by atoms with Gasteiger partial charge >= 0.3 is 0 Å². The van der Waals surface area contributed by atoms with E-state index >= 15 is 0 Å². The van der Waals surface area contributed by atoms with E-state index in [0.29, 0.717) is 11.4 Å². The van der Waals surface area contributed by atoms with E-state index in [0.717, 1.165) is 36.4 Å². The quantitative estimate of drug-likeness (QED) is 0.683. The van der Waals surface area contributed by atoms with Crippen LogP contribution in [0.25, 0.3) is 16.6 Å². The lowest BCUT2D eigenvalue weighted by Crippen LogP contribution is -2.42. The van der Waals surface area contributed by atoms with E-state index in [2.05, 4.69) is 46.0 Å². The summed E-state index contributed by atoms with van der Waals surface area (Å²) in [6, 6.07) is 14.5. The molecule has 1 aliphatic rings. The van der Waals surface area contributed by atoms with Gasteiger partial charge in [-0.15, -0.1) is 0 Å². The molecule has 1 N–H and O–H groups in total. The van der Waals surface area contributed by atoms with Crippen molar-refractivity contribution in [2.24, 2.45) is 0 Å². The van der Waals surface area contributed by atoms with Crippen LogP contribution in [0.2, 0.25) is 0 Å². The lowest BCUT2D eigenvalue weighted by atomic mass is 10.0. The van der Waals surface area contributed by atoms with E-state index in [1.54, 1.807) is 6.07 Å². The van der Waals surface area contributed by atoms with Crippen molar-refractivity contribution in [3.63, 3.8) is 0 Å². The Morgan fingerprint density at radius 1 is 1.07 bits per heavy atom. The highest BCUT2D eigenvalue weighted by atomic mass is 19.1. The topological polar surface area (TPSA) is 20.2 Å². The number of rotatable bonds is 5. The van der Waals surface area contributed by atoms with Gasteiger partial charge in [0.1, 0.15) is 5.82 Å². The minimum absolute atomic E-state index is 0.160. The van der Waals surface area contributed by atoms with Gasteiger partial charge < -0.3 is 14.8 Å². The molecule has 1 saturated heterocycles. The molecule has 1 fully saturated rings. The molecule has 1 aliphatic heterocycles. The zero-order valence-electron chi connectivity index (χ0n) is 16.2. The van der Waals surface area contributed by atoms with Crippen LogP contribution in [0.5, 0.6) is 0 Å². The van der Waals surface area contributed by atoms with Crippen LogP contribution in [0.4, 0.5) is 10.1 Å². The summed E-state index contributed by atoms with van der Waals surface area (Å²) in [5.41, 5.74) is 4.37. The van der Waals surface area contributed by atoms with Crippen molar-refractivity contribution >= 4 is 16.6 Å². The summed E-state index contributed by atoms with van der Waals surface area (Å²) in [5, 5.41) is 4.33. The van der Waals surface area contributed by atoms with E-state index < -0.39 is 0 Å². The first-order valence-electron chi connectivity index (χ1n) is 10.0. The van der Waals surface area contributed by atoms with Crippen LogP contribution < -0.4 is 10.2 Å². The van der Waals surface area contributed by atoms with Crippen molar-refractivity contribution in [2.75, 3.05) is 24.5 Å². The lowest BCUT2D eigenvalue weighted by molar-refractivity contribution is 0.416. The molecule has 0 unspecified atom stereocenters. The molecule has 3 aromatic rings. The number of hydrogen-bond acceptors (Lipinski definition) is 2. The predicted molar refractivity (Wildman–Crippen MR) is 111 cm³/mol. The Balaban J connectivity index is 1.58. The van der Waals surface area contributed by atoms with Gasteiger partial charge in [-0.25, -0.2) is 4.39 Å². The summed E-state index contributed by atoms with van der Waals surface area (Å²) in [6.07, 6.45) is 5.52. The molecule has 4 rings (SSSR count). The molecule has 0 bridgehead atoms. The van der Waals surface area contributed by atoms with Crippen molar-refractivity contribution in [1.29, 1.82) is 0 Å². The maximum atomic E-state index is 14.2. The molecule has 1 aromatic heterocycles. The fraction of sp³-hybridized carbons (Fsp3) is 0.391. The van der Waals surface area contributed by atoms with Crippen LogP contribution in [0.3, 0.4) is 0 Å². The number of aromatic nitrogens is 1. The van der Waals surface area contributed by atoms with E-state index in [-0.39, 0.29) is 5.82 Å². The van der Waals surface area contributed by atoms with Gasteiger partial charge in [-0.2, -0.15) is 0 Å². The van der Waals surface area contributed by atoms with Crippen LogP contribution in [0.1, 0.15) is 31.7 Å². The monoisotopic (exact) mass is 365 g/mol. The first-order valence-corrected chi connectivity index (χ1v) is 10.0. The van der Waals surface area contributed by atoms with Crippen molar-refractivity contribution in [1.82, 2.24) is 9.88 Å². The van der Waals surface area contributed by atoms with Gasteiger partial charge in [-0.1, -0.05) is 19.1 Å². The number of anilines is 1. The van der Waals surface area contributed by atoms with Crippen molar-refractivity contribution in [3.8, 4) is 5.69 Å². The van der Waals surface area contributed by atoms with E-state index in [4.69, 9.17) is 0 Å². The number of piperidine rings is 1. The predicted octanol–water partition coefficient (Wildman–Crippen LogP) is 5.05. The third kappa shape index (κ3) is 3.59. The summed E-state index contributed by atoms with van der Waals surface area (Å²) in [5.74, 6) is -0.160. The summed E-state index contributed by atoms with van der Waals surface area (Å²) in [7, 11) is 0. The number of fused-ring (bicyclic) bond motifs is 1. The number of nitrogens with one attached hydrogen (secondary N) is 1. The van der Waals surface area contributed by atoms with Crippen LogP contribution in [0.15, 0.2) is 48.7 Å². The molecule has 2 aromatic carbocycles. The maximum absolute atomic E-state index is 14.2. The van der Waals surface area contributed by atoms with Gasteiger partial charge in [0.25, 0.3) is 0 Å². The number of benzene rings is 2. The Hall–Kier alpha value is -2.33. The molecule has 0 amide bonds. The molecular weight excluding hydrogens is 337 g/mol. The summed E-state index contributed by atoms with van der Waals surface area (Å²) < 4.78 is 16.3. The Morgan fingerprint density at radius 2 is 1.85 bits per heavy atom. The second-order valence-electron chi connectivity index (χ2n) is 7.55. The molecule has 0 radical (unpaired) electrons. The maximum Gasteiger partial charge on any atom is 0.132 e. The molecule has 3 nitrogen and oxygen atoms in total. The van der Waals surface area contributed by atoms with Crippen LogP contribution in [0, 0.1) is 12.7 Å². The van der Waals surface area contributed by atoms with Gasteiger partial charge in [-0.05, 0) is 68.6 Å². The summed E-state index contributed by atoms with van der Waals surface area (Å²) >= 11 is 0. The van der Waals surface area contributed by atoms with Gasteiger partial charge in [0.2, 0.25) is 0 Å². The number of hydrogen-bond donors (Lipinski definition) is 1. The van der Waals surface area contributed by atoms with Crippen LogP contribution in [-0.4, -0.2) is 30.2 Å². The first-order chi connectivity index (χ1) is 13.2. The molecule has 142 valence electrons. The zero-order valence-corrected chi connectivity index (χ0v) is 16.2. The molecule has 27 heavy (non-hydrogen) atoms. The normalized spacial score (nSPS) is 15.6. The van der Waals surface area contributed by atoms with Crippen LogP contribution in [-0.2, 0) is 0 Å². The number of nitrogens with zero attached hydrogens (tertiary/aromatic N) is 2. The lowest BCUT2D eigenvalue weighted by Gasteiger charge is -2.34. The van der Waals surface area contributed by atoms with E-state index in [9.17, 15) is 4.39 Å². The van der Waals surface area contributed by atoms with Gasteiger partial charge in [-0.3, -0.25) is 0 Å². The Bertz CT molecular complexity index is 923. The fourth-order valence-corrected chi connectivity index (χ4v) is 4.14. The van der Waals surface area contributed by atoms with Crippen LogP contribution >= 0.6 is 0 Å². The number of halogens is 1. The third-order valence-electron chi connectivity index (χ3n) is 5.65. The van der Waals surface area contributed by atoms with E-state index in [1.807, 2.05) is 25.3 Å². The third-order valence-corrected chi connectivity index (χ3v) is 5.65. The molecule has 0 spiro atoms. The molecule has 0 atom stereocenters. The summed E-state index contributed by atoms with van der Waals surface area (Å²) in [4.78, 5) is 2.47. The SMILES string of the molecule is CCCNC1CCN(c2cccc(-n3ccc4c(F)ccc(C)c43)c2)CC1. The molecule has 4 heteroatoms. The standard InChI is InChI=1S/C23H28FN3/c1-3-12-25-18-9-13-26(14-10-18)19-5-4-6-20(16-19)27-15-11-21-22(24)8-7-17(2)23(21)27/h4-8,11,15-16,18,25H,3,9-10,12-14H2,1-2H3. The highest BCUT2D eigenvalue weighted by Gasteiger charge is 2.19. The van der Waals surface area contributed by atoms with Crippen molar-refractivity contribution < 1.29 is 4.39 Å². The number of aryl methyl sites for hydroxylation is 1. The van der Waals surface area contributed by atoms with E-state index in [1.165, 1.54) is 24.9 Å². The Kier molecular flexibility index (Phi) is 5.17. The Labute approximate surface area is 160 Å². The fourth-order valence-electron chi connectivity index (χ4n) is 4.14. The molecule has 2 heterocycles. The second-order valence-corrected chi connectivity index (χ2v) is 7.55. The average molecular weight is 365 g/mol. The van der Waals surface area contributed by atoms with Gasteiger partial charge in [0.15, 0.2) is 0 Å². The molecule has 0 aliphatic carbocycles. The first kappa shape index (κ1) is 18.1. The highest BCUT2D eigenvalue weighted by molar-refractivity contribution is 5.85. The van der Waals surface area contributed by atoms with Crippen molar-refractivity contribution in [2.45, 2.75) is 39.2 Å². The Morgan fingerprint density at radius 3 is 2.63 bits per heavy atom. The molecule has 0 saturated carbocycles. The van der Waals surface area contributed by atoms with Gasteiger partial charge in [0.05, 0.1) is 5.52 Å². The zero-order chi connectivity index (χ0) is 18.8. The van der Waals surface area contributed by atoms with Crippen molar-refractivity contribution in [3.05, 3.63) is 60.0 Å². The summed E-state index contributed by atoms with van der Waals surface area (Å²) in [6.45, 7) is 7.51. The highest BCUT2D eigenvalue weighted by Crippen LogP contribution is 2.28.